The molecule has 0 aromatic heterocycles. The molecule has 0 spiro atoms. The number of nitrogens with one attached hydrogen (secondary N) is 1. The second-order valence-electron chi connectivity index (χ2n) is 6.07. The first-order valence-corrected chi connectivity index (χ1v) is 9.24. The average Bonchev–Trinajstić information content (AvgIpc) is 2.63. The van der Waals surface area contributed by atoms with E-state index in [9.17, 15) is 19.5 Å². The van der Waals surface area contributed by atoms with Crippen LogP contribution in [0, 0.1) is 6.92 Å². The molecular weight excluding hydrogens is 428 g/mol. The molecule has 1 aliphatic rings. The molecule has 8 heteroatoms. The molecule has 3 rings (SSSR count). The summed E-state index contributed by atoms with van der Waals surface area (Å²) >= 11 is 3.31. The van der Waals surface area contributed by atoms with Crippen LogP contribution in [0.3, 0.4) is 0 Å². The van der Waals surface area contributed by atoms with Crippen LogP contribution in [0.4, 0.5) is 10.5 Å². The maximum Gasteiger partial charge on any atom is 0.335 e. The summed E-state index contributed by atoms with van der Waals surface area (Å²) in [7, 11) is 0. The zero-order chi connectivity index (χ0) is 20.4. The van der Waals surface area contributed by atoms with E-state index in [0.29, 0.717) is 16.8 Å². The summed E-state index contributed by atoms with van der Waals surface area (Å²) in [5.74, 6) is -1.62. The number of ether oxygens (including phenoxy) is 1. The van der Waals surface area contributed by atoms with Gasteiger partial charge in [-0.1, -0.05) is 33.6 Å². The number of hydrogen-bond acceptors (Lipinski definition) is 5. The van der Waals surface area contributed by atoms with Crippen LogP contribution >= 0.6 is 15.9 Å². The number of aryl methyl sites for hydroxylation is 1. The highest BCUT2D eigenvalue weighted by Gasteiger charge is 2.37. The summed E-state index contributed by atoms with van der Waals surface area (Å²) in [5, 5.41) is 12.6. The Morgan fingerprint density at radius 1 is 1.18 bits per heavy atom. The van der Waals surface area contributed by atoms with Crippen molar-refractivity contribution in [2.45, 2.75) is 13.8 Å². The smallest absolute Gasteiger partial charge is 0.335 e. The van der Waals surface area contributed by atoms with Gasteiger partial charge in [0.1, 0.15) is 5.57 Å². The Morgan fingerprint density at radius 2 is 1.86 bits per heavy atom. The largest absolute Gasteiger partial charge is 0.504 e. The van der Waals surface area contributed by atoms with E-state index in [4.69, 9.17) is 4.74 Å². The fraction of sp³-hybridized carbons (Fsp3) is 0.150. The topological polar surface area (TPSA) is 95.9 Å². The highest BCUT2D eigenvalue weighted by molar-refractivity contribution is 9.10. The van der Waals surface area contributed by atoms with E-state index in [-0.39, 0.29) is 22.6 Å². The number of anilines is 1. The Hall–Kier alpha value is -3.13. The van der Waals surface area contributed by atoms with Gasteiger partial charge >= 0.3 is 6.03 Å². The molecular formula is C20H17BrN2O5. The Kier molecular flexibility index (Phi) is 5.51. The lowest BCUT2D eigenvalue weighted by Gasteiger charge is -2.26. The zero-order valence-corrected chi connectivity index (χ0v) is 16.7. The molecule has 0 bridgehead atoms. The van der Waals surface area contributed by atoms with Crippen molar-refractivity contribution in [1.82, 2.24) is 5.32 Å². The lowest BCUT2D eigenvalue weighted by molar-refractivity contribution is -0.122. The average molecular weight is 445 g/mol. The Balaban J connectivity index is 2.06. The first kappa shape index (κ1) is 19.6. The number of carbonyl (C=O) groups excluding carboxylic acids is 3. The van der Waals surface area contributed by atoms with Crippen molar-refractivity contribution in [3.63, 3.8) is 0 Å². The number of phenolic OH excluding ortho intramolecular Hbond substituents is 1. The van der Waals surface area contributed by atoms with Crippen LogP contribution in [0.15, 0.2) is 46.4 Å². The molecule has 0 atom stereocenters. The van der Waals surface area contributed by atoms with Gasteiger partial charge in [-0.05, 0) is 44.2 Å². The Bertz CT molecular complexity index is 998. The summed E-state index contributed by atoms with van der Waals surface area (Å²) in [4.78, 5) is 38.3. The van der Waals surface area contributed by atoms with Crippen molar-refractivity contribution in [2.24, 2.45) is 0 Å². The quantitative estimate of drug-likeness (QED) is 0.555. The van der Waals surface area contributed by atoms with Crippen molar-refractivity contribution in [3.05, 3.63) is 57.6 Å². The van der Waals surface area contributed by atoms with E-state index in [1.807, 2.05) is 6.92 Å². The van der Waals surface area contributed by atoms with Gasteiger partial charge in [0, 0.05) is 10.0 Å². The fourth-order valence-electron chi connectivity index (χ4n) is 2.71. The molecule has 2 N–H and O–H groups in total. The molecule has 144 valence electrons. The van der Waals surface area contributed by atoms with Crippen molar-refractivity contribution >= 4 is 45.5 Å². The fourth-order valence-corrected chi connectivity index (χ4v) is 3.17. The highest BCUT2D eigenvalue weighted by atomic mass is 79.9. The van der Waals surface area contributed by atoms with E-state index in [1.54, 1.807) is 37.3 Å². The second kappa shape index (κ2) is 7.85. The monoisotopic (exact) mass is 444 g/mol. The third kappa shape index (κ3) is 3.77. The van der Waals surface area contributed by atoms with Gasteiger partial charge in [0.15, 0.2) is 11.5 Å². The molecule has 1 heterocycles. The van der Waals surface area contributed by atoms with E-state index in [2.05, 4.69) is 21.2 Å². The molecule has 0 aliphatic carbocycles. The molecule has 1 fully saturated rings. The minimum Gasteiger partial charge on any atom is -0.504 e. The lowest BCUT2D eigenvalue weighted by atomic mass is 10.1. The molecule has 0 radical (unpaired) electrons. The molecule has 1 aliphatic heterocycles. The van der Waals surface area contributed by atoms with Crippen LogP contribution in [0.5, 0.6) is 11.5 Å². The van der Waals surface area contributed by atoms with Gasteiger partial charge in [-0.3, -0.25) is 14.9 Å². The number of carbonyl (C=O) groups is 3. The number of amides is 4. The first-order chi connectivity index (χ1) is 13.3. The molecule has 0 saturated carbocycles. The number of aromatic hydroxyl groups is 1. The Labute approximate surface area is 169 Å². The number of benzene rings is 2. The van der Waals surface area contributed by atoms with E-state index in [0.717, 1.165) is 10.5 Å². The molecule has 4 amide bonds. The van der Waals surface area contributed by atoms with E-state index in [1.165, 1.54) is 12.1 Å². The van der Waals surface area contributed by atoms with Gasteiger partial charge < -0.3 is 9.84 Å². The minimum atomic E-state index is -0.837. The van der Waals surface area contributed by atoms with E-state index < -0.39 is 17.8 Å². The minimum absolute atomic E-state index is 0.203. The molecule has 2 aromatic carbocycles. The number of imide groups is 2. The van der Waals surface area contributed by atoms with Crippen LogP contribution in [0.25, 0.3) is 6.08 Å². The Morgan fingerprint density at radius 3 is 2.50 bits per heavy atom. The standard InChI is InChI=1S/C20H17BrN2O5/c1-3-28-16-10-13(21)8-12(17(16)24)9-15-18(25)22-20(27)23(19(15)26)14-6-4-11(2)5-7-14/h4-10,24H,3H2,1-2H3,(H,22,25,27)/b15-9+. The summed E-state index contributed by atoms with van der Waals surface area (Å²) in [6.45, 7) is 3.97. The molecule has 28 heavy (non-hydrogen) atoms. The van der Waals surface area contributed by atoms with Gasteiger partial charge in [0.2, 0.25) is 0 Å². The molecule has 0 unspecified atom stereocenters. The summed E-state index contributed by atoms with van der Waals surface area (Å²) < 4.78 is 5.95. The van der Waals surface area contributed by atoms with Crippen LogP contribution in [0.2, 0.25) is 0 Å². The number of phenols is 1. The predicted octanol–water partition coefficient (Wildman–Crippen LogP) is 3.53. The zero-order valence-electron chi connectivity index (χ0n) is 15.2. The van der Waals surface area contributed by atoms with Crippen LogP contribution in [0.1, 0.15) is 18.1 Å². The maximum atomic E-state index is 12.9. The summed E-state index contributed by atoms with van der Waals surface area (Å²) in [6, 6.07) is 9.02. The number of urea groups is 1. The SMILES string of the molecule is CCOc1cc(Br)cc(/C=C2\C(=O)NC(=O)N(c3ccc(C)cc3)C2=O)c1O. The summed E-state index contributed by atoms with van der Waals surface area (Å²) in [5.41, 5.74) is 1.22. The lowest BCUT2D eigenvalue weighted by Crippen LogP contribution is -2.54. The summed E-state index contributed by atoms with van der Waals surface area (Å²) in [6.07, 6.45) is 1.23. The normalized spacial score (nSPS) is 15.8. The van der Waals surface area contributed by atoms with Crippen LogP contribution < -0.4 is 15.0 Å². The van der Waals surface area contributed by atoms with Gasteiger partial charge in [-0.15, -0.1) is 0 Å². The molecule has 2 aromatic rings. The van der Waals surface area contributed by atoms with Gasteiger partial charge in [0.05, 0.1) is 12.3 Å². The number of hydrogen-bond donors (Lipinski definition) is 2. The molecule has 1 saturated heterocycles. The third-order valence-electron chi connectivity index (χ3n) is 4.06. The van der Waals surface area contributed by atoms with Crippen molar-refractivity contribution < 1.29 is 24.2 Å². The number of rotatable bonds is 4. The molecule has 7 nitrogen and oxygen atoms in total. The maximum absolute atomic E-state index is 12.9. The van der Waals surface area contributed by atoms with E-state index >= 15 is 0 Å². The van der Waals surface area contributed by atoms with Gasteiger partial charge in [-0.25, -0.2) is 9.69 Å². The first-order valence-electron chi connectivity index (χ1n) is 8.45. The predicted molar refractivity (Wildman–Crippen MR) is 107 cm³/mol. The highest BCUT2D eigenvalue weighted by Crippen LogP contribution is 2.35. The van der Waals surface area contributed by atoms with Gasteiger partial charge in [0.25, 0.3) is 11.8 Å². The van der Waals surface area contributed by atoms with Crippen molar-refractivity contribution in [1.29, 1.82) is 0 Å². The number of halogens is 1. The van der Waals surface area contributed by atoms with Crippen molar-refractivity contribution in [3.8, 4) is 11.5 Å². The third-order valence-corrected chi connectivity index (χ3v) is 4.52. The number of nitrogens with zero attached hydrogens (tertiary/aromatic N) is 1. The second-order valence-corrected chi connectivity index (χ2v) is 6.98. The van der Waals surface area contributed by atoms with Crippen molar-refractivity contribution in [2.75, 3.05) is 11.5 Å². The van der Waals surface area contributed by atoms with Crippen LogP contribution in [-0.2, 0) is 9.59 Å². The van der Waals surface area contributed by atoms with Gasteiger partial charge in [-0.2, -0.15) is 0 Å². The van der Waals surface area contributed by atoms with Crippen LogP contribution in [-0.4, -0.2) is 29.6 Å². The number of barbiturate groups is 1.